The van der Waals surface area contributed by atoms with Gasteiger partial charge in [-0.3, -0.25) is 4.40 Å². The van der Waals surface area contributed by atoms with Crippen molar-refractivity contribution in [2.75, 3.05) is 5.32 Å². The zero-order valence-corrected chi connectivity index (χ0v) is 16.5. The van der Waals surface area contributed by atoms with Crippen LogP contribution in [-0.2, 0) is 0 Å². The summed E-state index contributed by atoms with van der Waals surface area (Å²) < 4.78 is 16.6. The van der Waals surface area contributed by atoms with Crippen LogP contribution in [0, 0.1) is 5.82 Å². The van der Waals surface area contributed by atoms with Crippen molar-refractivity contribution in [3.63, 3.8) is 0 Å². The molecule has 0 saturated heterocycles. The highest BCUT2D eigenvalue weighted by molar-refractivity contribution is 5.68. The minimum Gasteiger partial charge on any atom is -0.351 e. The van der Waals surface area contributed by atoms with E-state index in [1.807, 2.05) is 53.1 Å². The van der Waals surface area contributed by atoms with Gasteiger partial charge in [-0.25, -0.2) is 19.3 Å². The van der Waals surface area contributed by atoms with Crippen LogP contribution in [0.4, 0.5) is 10.3 Å². The normalized spacial score (nSPS) is 19.1. The number of imidazole rings is 1. The number of rotatable bonds is 4. The van der Waals surface area contributed by atoms with E-state index in [2.05, 4.69) is 20.3 Å². The van der Waals surface area contributed by atoms with E-state index in [0.717, 1.165) is 42.5 Å². The molecule has 0 radical (unpaired) electrons. The van der Waals surface area contributed by atoms with E-state index in [1.165, 1.54) is 6.20 Å². The van der Waals surface area contributed by atoms with Gasteiger partial charge in [-0.05, 0) is 48.9 Å². The number of nitrogens with two attached hydrogens (primary N) is 1. The Balaban J connectivity index is 1.50. The van der Waals surface area contributed by atoms with Crippen LogP contribution in [0.2, 0.25) is 0 Å². The van der Waals surface area contributed by atoms with Gasteiger partial charge in [-0.1, -0.05) is 30.3 Å². The Bertz CT molecular complexity index is 1170. The molecule has 3 aromatic heterocycles. The molecule has 1 aliphatic rings. The first kappa shape index (κ1) is 18.7. The number of nitrogens with zero attached hydrogens (tertiary/aromatic N) is 4. The SMILES string of the molecule is NC1CCC(Nc2ncc(F)c(-c3cnc4ccc(-c5ccccc5)cn34)n2)CC1. The summed E-state index contributed by atoms with van der Waals surface area (Å²) in [5, 5.41) is 3.34. The van der Waals surface area contributed by atoms with Gasteiger partial charge in [0.1, 0.15) is 11.3 Å². The summed E-state index contributed by atoms with van der Waals surface area (Å²) in [6, 6.07) is 14.5. The van der Waals surface area contributed by atoms with E-state index in [1.54, 1.807) is 6.20 Å². The Hall–Kier alpha value is -3.32. The zero-order chi connectivity index (χ0) is 20.5. The first-order valence-electron chi connectivity index (χ1n) is 10.2. The quantitative estimate of drug-likeness (QED) is 0.533. The number of nitrogens with one attached hydrogen (secondary N) is 1. The van der Waals surface area contributed by atoms with Crippen molar-refractivity contribution >= 4 is 11.6 Å². The minimum absolute atomic E-state index is 0.234. The van der Waals surface area contributed by atoms with Gasteiger partial charge in [-0.2, -0.15) is 0 Å². The van der Waals surface area contributed by atoms with Crippen LogP contribution >= 0.6 is 0 Å². The lowest BCUT2D eigenvalue weighted by Crippen LogP contribution is -2.33. The number of hydrogen-bond acceptors (Lipinski definition) is 5. The molecule has 6 nitrogen and oxygen atoms in total. The zero-order valence-electron chi connectivity index (χ0n) is 16.5. The standard InChI is InChI=1S/C23H23FN6/c24-19-12-27-23(28-18-9-7-17(25)8-10-18)29-22(19)20-13-26-21-11-6-16(14-30(20)21)15-4-2-1-3-5-15/h1-6,11-14,17-18H,7-10,25H2,(H,27,28,29). The number of pyridine rings is 1. The molecule has 0 bridgehead atoms. The second-order valence-corrected chi connectivity index (χ2v) is 7.80. The van der Waals surface area contributed by atoms with Crippen molar-refractivity contribution < 1.29 is 4.39 Å². The molecular formula is C23H23FN6. The predicted molar refractivity (Wildman–Crippen MR) is 115 cm³/mol. The van der Waals surface area contributed by atoms with E-state index in [-0.39, 0.29) is 17.8 Å². The molecule has 3 heterocycles. The molecule has 4 aromatic rings. The summed E-state index contributed by atoms with van der Waals surface area (Å²) in [6.45, 7) is 0. The van der Waals surface area contributed by atoms with Crippen molar-refractivity contribution in [1.29, 1.82) is 0 Å². The largest absolute Gasteiger partial charge is 0.351 e. The van der Waals surface area contributed by atoms with Gasteiger partial charge in [0.05, 0.1) is 18.1 Å². The highest BCUT2D eigenvalue weighted by atomic mass is 19.1. The van der Waals surface area contributed by atoms with Gasteiger partial charge >= 0.3 is 0 Å². The molecule has 1 saturated carbocycles. The second kappa shape index (κ2) is 7.84. The maximum atomic E-state index is 14.7. The van der Waals surface area contributed by atoms with Crippen LogP contribution in [0.25, 0.3) is 28.2 Å². The molecule has 0 spiro atoms. The molecule has 0 unspecified atom stereocenters. The highest BCUT2D eigenvalue weighted by Crippen LogP contribution is 2.27. The maximum Gasteiger partial charge on any atom is 0.223 e. The van der Waals surface area contributed by atoms with Crippen LogP contribution in [0.3, 0.4) is 0 Å². The monoisotopic (exact) mass is 402 g/mol. The molecule has 1 aliphatic carbocycles. The molecule has 5 rings (SSSR count). The van der Waals surface area contributed by atoms with Crippen LogP contribution in [0.15, 0.2) is 61.1 Å². The number of halogens is 1. The summed E-state index contributed by atoms with van der Waals surface area (Å²) in [4.78, 5) is 13.1. The molecular weight excluding hydrogens is 379 g/mol. The lowest BCUT2D eigenvalue weighted by molar-refractivity contribution is 0.409. The molecule has 0 atom stereocenters. The fraction of sp³-hybridized carbons (Fsp3) is 0.261. The summed E-state index contributed by atoms with van der Waals surface area (Å²) >= 11 is 0. The smallest absolute Gasteiger partial charge is 0.223 e. The Kier molecular flexibility index (Phi) is 4.88. The van der Waals surface area contributed by atoms with Gasteiger partial charge in [0, 0.05) is 18.3 Å². The van der Waals surface area contributed by atoms with E-state index in [4.69, 9.17) is 5.73 Å². The fourth-order valence-corrected chi connectivity index (χ4v) is 4.02. The topological polar surface area (TPSA) is 81.1 Å². The Labute approximate surface area is 174 Å². The van der Waals surface area contributed by atoms with E-state index < -0.39 is 5.82 Å². The van der Waals surface area contributed by atoms with Crippen LogP contribution < -0.4 is 11.1 Å². The molecule has 1 fully saturated rings. The van der Waals surface area contributed by atoms with Crippen molar-refractivity contribution in [3.8, 4) is 22.5 Å². The molecule has 3 N–H and O–H groups in total. The fourth-order valence-electron chi connectivity index (χ4n) is 4.02. The molecule has 1 aromatic carbocycles. The summed E-state index contributed by atoms with van der Waals surface area (Å²) in [7, 11) is 0. The van der Waals surface area contributed by atoms with Crippen molar-refractivity contribution in [2.24, 2.45) is 5.73 Å². The first-order chi connectivity index (χ1) is 14.7. The lowest BCUT2D eigenvalue weighted by Gasteiger charge is -2.26. The summed E-state index contributed by atoms with van der Waals surface area (Å²) in [5.41, 5.74) is 9.66. The molecule has 7 heteroatoms. The maximum absolute atomic E-state index is 14.7. The molecule has 152 valence electrons. The number of aromatic nitrogens is 4. The average Bonchev–Trinajstić information content (AvgIpc) is 3.20. The minimum atomic E-state index is -0.474. The number of fused-ring (bicyclic) bond motifs is 1. The molecule has 0 amide bonds. The number of benzene rings is 1. The van der Waals surface area contributed by atoms with Crippen molar-refractivity contribution in [3.05, 3.63) is 66.9 Å². The lowest BCUT2D eigenvalue weighted by atomic mass is 9.92. The summed E-state index contributed by atoms with van der Waals surface area (Å²) in [6.07, 6.45) is 8.71. The Morgan fingerprint density at radius 3 is 2.53 bits per heavy atom. The van der Waals surface area contributed by atoms with E-state index in [0.29, 0.717) is 11.6 Å². The van der Waals surface area contributed by atoms with E-state index in [9.17, 15) is 4.39 Å². The average molecular weight is 402 g/mol. The molecule has 0 aliphatic heterocycles. The Morgan fingerprint density at radius 1 is 0.933 bits per heavy atom. The van der Waals surface area contributed by atoms with Gasteiger partial charge in [0.15, 0.2) is 5.82 Å². The van der Waals surface area contributed by atoms with Gasteiger partial charge in [0.25, 0.3) is 0 Å². The van der Waals surface area contributed by atoms with Gasteiger partial charge in [0.2, 0.25) is 5.95 Å². The third-order valence-corrected chi connectivity index (χ3v) is 5.70. The van der Waals surface area contributed by atoms with Gasteiger partial charge < -0.3 is 11.1 Å². The highest BCUT2D eigenvalue weighted by Gasteiger charge is 2.20. The van der Waals surface area contributed by atoms with Gasteiger partial charge in [-0.15, -0.1) is 0 Å². The number of hydrogen-bond donors (Lipinski definition) is 2. The first-order valence-corrected chi connectivity index (χ1v) is 10.2. The van der Waals surface area contributed by atoms with Crippen LogP contribution in [0.1, 0.15) is 25.7 Å². The third-order valence-electron chi connectivity index (χ3n) is 5.70. The predicted octanol–water partition coefficient (Wildman–Crippen LogP) is 4.28. The van der Waals surface area contributed by atoms with Crippen molar-refractivity contribution in [2.45, 2.75) is 37.8 Å². The number of anilines is 1. The van der Waals surface area contributed by atoms with Crippen molar-refractivity contribution in [1.82, 2.24) is 19.4 Å². The second-order valence-electron chi connectivity index (χ2n) is 7.80. The van der Waals surface area contributed by atoms with Crippen LogP contribution in [-0.4, -0.2) is 31.4 Å². The van der Waals surface area contributed by atoms with Crippen LogP contribution in [0.5, 0.6) is 0 Å². The summed E-state index contributed by atoms with van der Waals surface area (Å²) in [5.74, 6) is -0.0424. The van der Waals surface area contributed by atoms with E-state index >= 15 is 0 Å². The molecule has 30 heavy (non-hydrogen) atoms. The third kappa shape index (κ3) is 3.64. The Morgan fingerprint density at radius 2 is 1.73 bits per heavy atom.